The van der Waals surface area contributed by atoms with Crippen LogP contribution in [-0.4, -0.2) is 15.6 Å². The zero-order chi connectivity index (χ0) is 15.4. The molecule has 0 bridgehead atoms. The van der Waals surface area contributed by atoms with Crippen molar-refractivity contribution in [2.75, 3.05) is 0 Å². The average molecular weight is 300 g/mol. The van der Waals surface area contributed by atoms with Gasteiger partial charge >= 0.3 is 0 Å². The topological polar surface area (TPSA) is 77.4 Å². The fourth-order valence-electron chi connectivity index (χ4n) is 1.99. The summed E-state index contributed by atoms with van der Waals surface area (Å²) in [7, 11) is 0. The Morgan fingerprint density at radius 3 is 2.71 bits per heavy atom. The van der Waals surface area contributed by atoms with Gasteiger partial charge < -0.3 is 5.32 Å². The number of hydrogen-bond donors (Lipinski definition) is 1. The van der Waals surface area contributed by atoms with Gasteiger partial charge in [-0.3, -0.25) is 4.57 Å². The largest absolute Gasteiger partial charge is 0.310 e. The number of hydrogen-bond acceptors (Lipinski definition) is 4. The molecular formula is C15H14ClN5. The molecule has 0 atom stereocenters. The standard InChI is InChI=1S/C15H14ClN5/c1-10(2)19-8-11-4-3-5-12(16)15(11)21-9-20-13(6-17)14(21)7-18/h3-5,9-10,19H,8H2,1-2H3. The molecule has 0 aliphatic heterocycles. The fourth-order valence-corrected chi connectivity index (χ4v) is 2.28. The molecule has 2 rings (SSSR count). The third-order valence-electron chi connectivity index (χ3n) is 2.99. The van der Waals surface area contributed by atoms with E-state index in [1.54, 1.807) is 10.6 Å². The van der Waals surface area contributed by atoms with Gasteiger partial charge in [-0.05, 0) is 11.6 Å². The third kappa shape index (κ3) is 3.05. The number of aromatic nitrogens is 2. The lowest BCUT2D eigenvalue weighted by molar-refractivity contribution is 0.587. The van der Waals surface area contributed by atoms with E-state index in [1.165, 1.54) is 6.33 Å². The van der Waals surface area contributed by atoms with Crippen molar-refractivity contribution in [3.05, 3.63) is 46.5 Å². The molecule has 0 spiro atoms. The molecule has 0 radical (unpaired) electrons. The zero-order valence-electron chi connectivity index (χ0n) is 11.8. The van der Waals surface area contributed by atoms with Gasteiger partial charge in [-0.2, -0.15) is 10.5 Å². The van der Waals surface area contributed by atoms with Gasteiger partial charge in [-0.25, -0.2) is 4.98 Å². The van der Waals surface area contributed by atoms with Gasteiger partial charge in [0.25, 0.3) is 0 Å². The summed E-state index contributed by atoms with van der Waals surface area (Å²) in [6.07, 6.45) is 1.46. The van der Waals surface area contributed by atoms with Gasteiger partial charge in [0.2, 0.25) is 0 Å². The molecule has 1 aromatic heterocycles. The first-order valence-corrected chi connectivity index (χ1v) is 6.85. The van der Waals surface area contributed by atoms with Gasteiger partial charge in [0.05, 0.1) is 10.7 Å². The Hall–Kier alpha value is -2.34. The highest BCUT2D eigenvalue weighted by Gasteiger charge is 2.16. The number of benzene rings is 1. The van der Waals surface area contributed by atoms with E-state index in [1.807, 2.05) is 24.3 Å². The smallest absolute Gasteiger partial charge is 0.177 e. The Morgan fingerprint density at radius 1 is 1.33 bits per heavy atom. The molecule has 0 saturated carbocycles. The number of halogens is 1. The van der Waals surface area contributed by atoms with Crippen LogP contribution < -0.4 is 5.32 Å². The van der Waals surface area contributed by atoms with Crippen molar-refractivity contribution in [2.24, 2.45) is 0 Å². The van der Waals surface area contributed by atoms with Gasteiger partial charge in [-0.1, -0.05) is 37.6 Å². The summed E-state index contributed by atoms with van der Waals surface area (Å²) in [5.41, 5.74) is 1.91. The number of para-hydroxylation sites is 1. The molecule has 1 heterocycles. The van der Waals surface area contributed by atoms with E-state index in [2.05, 4.69) is 24.1 Å². The van der Waals surface area contributed by atoms with Crippen LogP contribution in [0.1, 0.15) is 30.8 Å². The van der Waals surface area contributed by atoms with Gasteiger partial charge in [-0.15, -0.1) is 0 Å². The van der Waals surface area contributed by atoms with Crippen LogP contribution in [0.15, 0.2) is 24.5 Å². The van der Waals surface area contributed by atoms with Crippen molar-refractivity contribution in [2.45, 2.75) is 26.4 Å². The van der Waals surface area contributed by atoms with Crippen LogP contribution in [0.4, 0.5) is 0 Å². The molecule has 0 aliphatic rings. The molecule has 0 saturated heterocycles. The van der Waals surface area contributed by atoms with E-state index in [4.69, 9.17) is 16.9 Å². The highest BCUT2D eigenvalue weighted by molar-refractivity contribution is 6.32. The third-order valence-corrected chi connectivity index (χ3v) is 3.30. The first-order valence-electron chi connectivity index (χ1n) is 6.47. The zero-order valence-corrected chi connectivity index (χ0v) is 12.5. The molecule has 0 amide bonds. The van der Waals surface area contributed by atoms with Crippen LogP contribution in [0, 0.1) is 22.7 Å². The lowest BCUT2D eigenvalue weighted by Gasteiger charge is -2.15. The lowest BCUT2D eigenvalue weighted by Crippen LogP contribution is -2.22. The van der Waals surface area contributed by atoms with Crippen LogP contribution in [0.25, 0.3) is 5.69 Å². The van der Waals surface area contributed by atoms with Crippen LogP contribution >= 0.6 is 11.6 Å². The maximum Gasteiger partial charge on any atom is 0.177 e. The van der Waals surface area contributed by atoms with Crippen molar-refractivity contribution in [3.63, 3.8) is 0 Å². The summed E-state index contributed by atoms with van der Waals surface area (Å²) >= 11 is 6.29. The van der Waals surface area contributed by atoms with Crippen molar-refractivity contribution in [1.29, 1.82) is 10.5 Å². The predicted molar refractivity (Wildman–Crippen MR) is 80.0 cm³/mol. The summed E-state index contributed by atoms with van der Waals surface area (Å²) in [6.45, 7) is 4.71. The molecule has 0 aliphatic carbocycles. The monoisotopic (exact) mass is 299 g/mol. The van der Waals surface area contributed by atoms with Crippen LogP contribution in [0.3, 0.4) is 0 Å². The first-order chi connectivity index (χ1) is 10.1. The summed E-state index contributed by atoms with van der Waals surface area (Å²) < 4.78 is 1.57. The molecule has 106 valence electrons. The number of nitrogens with one attached hydrogen (secondary N) is 1. The lowest BCUT2D eigenvalue weighted by atomic mass is 10.1. The van der Waals surface area contributed by atoms with Crippen LogP contribution in [0.2, 0.25) is 5.02 Å². The van der Waals surface area contributed by atoms with Gasteiger partial charge in [0.15, 0.2) is 11.4 Å². The molecule has 21 heavy (non-hydrogen) atoms. The summed E-state index contributed by atoms with van der Waals surface area (Å²) in [5, 5.41) is 22.1. The normalized spacial score (nSPS) is 10.4. The molecule has 0 unspecified atom stereocenters. The molecule has 2 aromatic rings. The second kappa shape index (κ2) is 6.41. The number of imidazole rings is 1. The highest BCUT2D eigenvalue weighted by Crippen LogP contribution is 2.26. The van der Waals surface area contributed by atoms with E-state index in [0.717, 1.165) is 5.56 Å². The van der Waals surface area contributed by atoms with E-state index < -0.39 is 0 Å². The minimum absolute atomic E-state index is 0.0974. The molecule has 0 fully saturated rings. The van der Waals surface area contributed by atoms with E-state index >= 15 is 0 Å². The maximum absolute atomic E-state index is 9.26. The minimum atomic E-state index is 0.0974. The van der Waals surface area contributed by atoms with Crippen molar-refractivity contribution >= 4 is 11.6 Å². The second-order valence-electron chi connectivity index (χ2n) is 4.82. The molecular weight excluding hydrogens is 286 g/mol. The molecule has 6 heteroatoms. The highest BCUT2D eigenvalue weighted by atomic mass is 35.5. The van der Waals surface area contributed by atoms with Crippen molar-refractivity contribution in [1.82, 2.24) is 14.9 Å². The summed E-state index contributed by atoms with van der Waals surface area (Å²) in [5.74, 6) is 0. The van der Waals surface area contributed by atoms with E-state index in [9.17, 15) is 5.26 Å². The number of nitriles is 2. The minimum Gasteiger partial charge on any atom is -0.310 e. The molecule has 1 aromatic carbocycles. The number of nitrogens with zero attached hydrogens (tertiary/aromatic N) is 4. The number of rotatable bonds is 4. The fraction of sp³-hybridized carbons (Fsp3) is 0.267. The Morgan fingerprint density at radius 2 is 2.10 bits per heavy atom. The summed E-state index contributed by atoms with van der Waals surface area (Å²) in [6, 6.07) is 9.79. The van der Waals surface area contributed by atoms with Gasteiger partial charge in [0.1, 0.15) is 18.5 Å². The van der Waals surface area contributed by atoms with Crippen LogP contribution in [-0.2, 0) is 6.54 Å². The average Bonchev–Trinajstić information content (AvgIpc) is 2.87. The molecule has 5 nitrogen and oxygen atoms in total. The summed E-state index contributed by atoms with van der Waals surface area (Å²) in [4.78, 5) is 3.96. The molecule has 1 N–H and O–H groups in total. The van der Waals surface area contributed by atoms with Crippen molar-refractivity contribution in [3.8, 4) is 17.8 Å². The maximum atomic E-state index is 9.26. The Balaban J connectivity index is 2.56. The quantitative estimate of drug-likeness (QED) is 0.941. The van der Waals surface area contributed by atoms with E-state index in [0.29, 0.717) is 23.3 Å². The second-order valence-corrected chi connectivity index (χ2v) is 5.23. The Bertz CT molecular complexity index is 733. The van der Waals surface area contributed by atoms with Crippen LogP contribution in [0.5, 0.6) is 0 Å². The van der Waals surface area contributed by atoms with Crippen molar-refractivity contribution < 1.29 is 0 Å². The Labute approximate surface area is 128 Å². The first kappa shape index (κ1) is 15.1. The predicted octanol–water partition coefficient (Wildman–Crippen LogP) is 2.77. The SMILES string of the molecule is CC(C)NCc1cccc(Cl)c1-n1cnc(C#N)c1C#N. The van der Waals surface area contributed by atoms with E-state index in [-0.39, 0.29) is 11.4 Å². The van der Waals surface area contributed by atoms with Gasteiger partial charge in [0, 0.05) is 12.6 Å². The Kier molecular flexibility index (Phi) is 4.59.